The Labute approximate surface area is 102 Å². The van der Waals surface area contributed by atoms with Gasteiger partial charge < -0.3 is 0 Å². The second kappa shape index (κ2) is 3.20. The largest absolute Gasteiger partial charge is 0.324 e. The Morgan fingerprint density at radius 1 is 1.41 bits per heavy atom. The van der Waals surface area contributed by atoms with Gasteiger partial charge >= 0.3 is 9.24 Å². The molecular formula is C10H7ClFNO3S. The maximum absolute atomic E-state index is 13.0. The van der Waals surface area contributed by atoms with E-state index in [0.29, 0.717) is 21.9 Å². The van der Waals surface area contributed by atoms with Crippen LogP contribution in [0.1, 0.15) is 17.2 Å². The van der Waals surface area contributed by atoms with Crippen molar-refractivity contribution in [1.29, 1.82) is 0 Å². The number of hydrogen-bond donors (Lipinski definition) is 0. The SMILES string of the molecule is O=C1C2Cc3cc(F)ccc3C2N1S(=O)(=O)Cl. The van der Waals surface area contributed by atoms with E-state index in [1.807, 2.05) is 0 Å². The van der Waals surface area contributed by atoms with Crippen molar-refractivity contribution in [2.24, 2.45) is 5.92 Å². The zero-order chi connectivity index (χ0) is 12.4. The van der Waals surface area contributed by atoms with Gasteiger partial charge in [0.25, 0.3) is 0 Å². The molecule has 1 aromatic rings. The number of benzene rings is 1. The average Bonchev–Trinajstić information content (AvgIpc) is 2.50. The van der Waals surface area contributed by atoms with Crippen molar-refractivity contribution in [3.63, 3.8) is 0 Å². The van der Waals surface area contributed by atoms with Crippen LogP contribution < -0.4 is 0 Å². The second-order valence-electron chi connectivity index (χ2n) is 4.17. The number of amides is 1. The van der Waals surface area contributed by atoms with Crippen LogP contribution in [0.4, 0.5) is 4.39 Å². The molecule has 17 heavy (non-hydrogen) atoms. The van der Waals surface area contributed by atoms with Gasteiger partial charge in [0.1, 0.15) is 5.82 Å². The third kappa shape index (κ3) is 1.40. The predicted octanol–water partition coefficient (Wildman–Crippen LogP) is 1.36. The first-order chi connectivity index (χ1) is 7.89. The highest BCUT2D eigenvalue weighted by Crippen LogP contribution is 2.50. The minimum atomic E-state index is -4.06. The molecule has 0 radical (unpaired) electrons. The number of nitrogens with zero attached hydrogens (tertiary/aromatic N) is 1. The summed E-state index contributed by atoms with van der Waals surface area (Å²) in [6.45, 7) is 0. The van der Waals surface area contributed by atoms with Crippen LogP contribution in [0.25, 0.3) is 0 Å². The van der Waals surface area contributed by atoms with Gasteiger partial charge in [0.15, 0.2) is 0 Å². The van der Waals surface area contributed by atoms with Gasteiger partial charge in [-0.2, -0.15) is 8.42 Å². The molecule has 2 unspecified atom stereocenters. The average molecular weight is 276 g/mol. The van der Waals surface area contributed by atoms with Crippen LogP contribution in [0.3, 0.4) is 0 Å². The predicted molar refractivity (Wildman–Crippen MR) is 58.0 cm³/mol. The Kier molecular flexibility index (Phi) is 2.07. The van der Waals surface area contributed by atoms with Crippen LogP contribution in [0.15, 0.2) is 18.2 Å². The van der Waals surface area contributed by atoms with E-state index >= 15 is 0 Å². The minimum absolute atomic E-state index is 0.375. The van der Waals surface area contributed by atoms with Crippen molar-refractivity contribution in [3.05, 3.63) is 35.1 Å². The fourth-order valence-corrected chi connectivity index (χ4v) is 3.92. The Balaban J connectivity index is 2.09. The van der Waals surface area contributed by atoms with Gasteiger partial charge in [-0.1, -0.05) is 6.07 Å². The lowest BCUT2D eigenvalue weighted by atomic mass is 9.91. The van der Waals surface area contributed by atoms with Gasteiger partial charge in [-0.05, 0) is 29.7 Å². The molecule has 1 aromatic carbocycles. The Bertz CT molecular complexity index is 630. The van der Waals surface area contributed by atoms with E-state index < -0.39 is 32.9 Å². The summed E-state index contributed by atoms with van der Waals surface area (Å²) in [5.74, 6) is -1.32. The monoisotopic (exact) mass is 275 g/mol. The molecule has 7 heteroatoms. The van der Waals surface area contributed by atoms with E-state index in [9.17, 15) is 17.6 Å². The van der Waals surface area contributed by atoms with Crippen LogP contribution in [-0.2, 0) is 20.5 Å². The summed E-state index contributed by atoms with van der Waals surface area (Å²) in [5.41, 5.74) is 1.34. The van der Waals surface area contributed by atoms with E-state index in [4.69, 9.17) is 10.7 Å². The molecule has 2 atom stereocenters. The lowest BCUT2D eigenvalue weighted by Gasteiger charge is -2.40. The van der Waals surface area contributed by atoms with Crippen LogP contribution in [-0.4, -0.2) is 18.6 Å². The van der Waals surface area contributed by atoms with Crippen molar-refractivity contribution in [3.8, 4) is 0 Å². The number of halogens is 2. The first-order valence-corrected chi connectivity index (χ1v) is 7.22. The fourth-order valence-electron chi connectivity index (χ4n) is 2.58. The number of β-lactam (4-membered cyclic amide) rings is 1. The van der Waals surface area contributed by atoms with Gasteiger partial charge in [-0.15, -0.1) is 0 Å². The molecule has 3 rings (SSSR count). The summed E-state index contributed by atoms with van der Waals surface area (Å²) in [6.07, 6.45) is 0.375. The molecule has 4 nitrogen and oxygen atoms in total. The summed E-state index contributed by atoms with van der Waals surface area (Å²) in [6, 6.07) is 3.54. The molecule has 2 aliphatic rings. The highest BCUT2D eigenvalue weighted by molar-refractivity contribution is 8.12. The zero-order valence-corrected chi connectivity index (χ0v) is 10.0. The zero-order valence-electron chi connectivity index (χ0n) is 8.43. The molecular weight excluding hydrogens is 269 g/mol. The number of carbonyl (C=O) groups excluding carboxylic acids is 1. The number of carbonyl (C=O) groups is 1. The molecule has 0 spiro atoms. The van der Waals surface area contributed by atoms with Crippen molar-refractivity contribution >= 4 is 25.8 Å². The summed E-state index contributed by atoms with van der Waals surface area (Å²) in [7, 11) is 1.14. The lowest BCUT2D eigenvalue weighted by Crippen LogP contribution is -2.54. The molecule has 0 bridgehead atoms. The first kappa shape index (κ1) is 11.0. The number of fused-ring (bicyclic) bond motifs is 3. The number of rotatable bonds is 1. The molecule has 0 saturated carbocycles. The van der Waals surface area contributed by atoms with Crippen molar-refractivity contribution in [2.75, 3.05) is 0 Å². The van der Waals surface area contributed by atoms with Crippen molar-refractivity contribution in [1.82, 2.24) is 4.31 Å². The van der Waals surface area contributed by atoms with Gasteiger partial charge in [0, 0.05) is 10.7 Å². The molecule has 1 amide bonds. The summed E-state index contributed by atoms with van der Waals surface area (Å²) in [4.78, 5) is 11.6. The van der Waals surface area contributed by atoms with E-state index in [-0.39, 0.29) is 0 Å². The normalized spacial score (nSPS) is 26.5. The Morgan fingerprint density at radius 2 is 2.12 bits per heavy atom. The topological polar surface area (TPSA) is 54.5 Å². The van der Waals surface area contributed by atoms with Gasteiger partial charge in [-0.3, -0.25) is 4.79 Å². The third-order valence-corrected chi connectivity index (χ3v) is 4.59. The third-order valence-electron chi connectivity index (χ3n) is 3.27. The van der Waals surface area contributed by atoms with E-state index in [0.717, 1.165) is 0 Å². The summed E-state index contributed by atoms with van der Waals surface area (Å²) >= 11 is 0. The van der Waals surface area contributed by atoms with E-state index in [1.165, 1.54) is 18.2 Å². The number of hydrogen-bond acceptors (Lipinski definition) is 3. The summed E-state index contributed by atoms with van der Waals surface area (Å²) in [5, 5.41) is 0. The molecule has 0 aromatic heterocycles. The lowest BCUT2D eigenvalue weighted by molar-refractivity contribution is -0.145. The first-order valence-electron chi connectivity index (χ1n) is 4.96. The van der Waals surface area contributed by atoms with Crippen LogP contribution in [0.5, 0.6) is 0 Å². The molecule has 1 aliphatic heterocycles. The summed E-state index contributed by atoms with van der Waals surface area (Å²) < 4.78 is 36.2. The molecule has 1 fully saturated rings. The molecule has 1 saturated heterocycles. The smallest absolute Gasteiger partial charge is 0.273 e. The van der Waals surface area contributed by atoms with Crippen molar-refractivity contribution < 1.29 is 17.6 Å². The maximum Gasteiger partial charge on any atom is 0.324 e. The fraction of sp³-hybridized carbons (Fsp3) is 0.300. The van der Waals surface area contributed by atoms with Gasteiger partial charge in [0.05, 0.1) is 12.0 Å². The quantitative estimate of drug-likeness (QED) is 0.574. The highest BCUT2D eigenvalue weighted by atomic mass is 35.7. The minimum Gasteiger partial charge on any atom is -0.273 e. The van der Waals surface area contributed by atoms with E-state index in [2.05, 4.69) is 0 Å². The molecule has 90 valence electrons. The molecule has 1 aliphatic carbocycles. The van der Waals surface area contributed by atoms with Crippen LogP contribution in [0.2, 0.25) is 0 Å². The Hall–Kier alpha value is -1.14. The van der Waals surface area contributed by atoms with Crippen LogP contribution in [0, 0.1) is 11.7 Å². The van der Waals surface area contributed by atoms with E-state index in [1.54, 1.807) is 0 Å². The molecule has 0 N–H and O–H groups in total. The second-order valence-corrected chi connectivity index (χ2v) is 6.56. The maximum atomic E-state index is 13.0. The highest BCUT2D eigenvalue weighted by Gasteiger charge is 2.57. The van der Waals surface area contributed by atoms with Gasteiger partial charge in [-0.25, -0.2) is 8.70 Å². The molecule has 1 heterocycles. The van der Waals surface area contributed by atoms with Gasteiger partial charge in [0.2, 0.25) is 5.91 Å². The van der Waals surface area contributed by atoms with Crippen molar-refractivity contribution in [2.45, 2.75) is 12.5 Å². The Morgan fingerprint density at radius 3 is 2.76 bits per heavy atom. The van der Waals surface area contributed by atoms with Crippen LogP contribution >= 0.6 is 10.7 Å². The standard InChI is InChI=1S/C10H7ClFNO3S/c11-17(15,16)13-9-7-2-1-6(12)3-5(7)4-8(9)10(13)14/h1-3,8-9H,4H2.